The fraction of sp³-hybridized carbons (Fsp3) is 0.472. The van der Waals surface area contributed by atoms with Crippen LogP contribution in [0, 0.1) is 11.8 Å². The van der Waals surface area contributed by atoms with Gasteiger partial charge in [-0.15, -0.1) is 0 Å². The SMILES string of the molecule is CC[C@H](CC[C@H](O)/C=C/[C@@H]1CC[C@H]1CN1CC2(CCCc3cc(Cl)ccc32)COc2ccc(C(=O)O)cc21)S(=O)(=O)c1ncccn1. The fourth-order valence-electron chi connectivity index (χ4n) is 7.49. The third-order valence-electron chi connectivity index (χ3n) is 10.3. The molecule has 1 unspecified atom stereocenters. The molecule has 9 nitrogen and oxygen atoms in total. The van der Waals surface area contributed by atoms with E-state index < -0.39 is 27.2 Å². The summed E-state index contributed by atoms with van der Waals surface area (Å²) in [5, 5.41) is 20.5. The average Bonchev–Trinajstić information content (AvgIpc) is 3.20. The lowest BCUT2D eigenvalue weighted by molar-refractivity contribution is 0.0697. The van der Waals surface area contributed by atoms with Gasteiger partial charge in [0.05, 0.1) is 29.2 Å². The fourth-order valence-corrected chi connectivity index (χ4v) is 9.28. The van der Waals surface area contributed by atoms with Crippen LogP contribution in [0.4, 0.5) is 5.69 Å². The highest BCUT2D eigenvalue weighted by atomic mass is 35.5. The van der Waals surface area contributed by atoms with Gasteiger partial charge in [0.25, 0.3) is 0 Å². The number of aromatic carboxylic acids is 1. The molecule has 0 radical (unpaired) electrons. The number of hydrogen-bond donors (Lipinski definition) is 2. The third kappa shape index (κ3) is 7.05. The summed E-state index contributed by atoms with van der Waals surface area (Å²) in [6.45, 7) is 3.75. The van der Waals surface area contributed by atoms with Crippen molar-refractivity contribution in [2.45, 2.75) is 80.2 Å². The quantitative estimate of drug-likeness (QED) is 0.178. The number of aryl methyl sites for hydroxylation is 1. The van der Waals surface area contributed by atoms with Crippen LogP contribution in [0.25, 0.3) is 0 Å². The van der Waals surface area contributed by atoms with Crippen molar-refractivity contribution in [3.63, 3.8) is 0 Å². The summed E-state index contributed by atoms with van der Waals surface area (Å²) < 4.78 is 32.5. The first-order chi connectivity index (χ1) is 22.6. The van der Waals surface area contributed by atoms with E-state index in [1.54, 1.807) is 30.3 Å². The molecule has 2 aliphatic carbocycles. The van der Waals surface area contributed by atoms with Crippen LogP contribution in [0.1, 0.15) is 73.4 Å². The number of fused-ring (bicyclic) bond motifs is 3. The van der Waals surface area contributed by atoms with Crippen LogP contribution in [0.2, 0.25) is 5.02 Å². The molecule has 47 heavy (non-hydrogen) atoms. The summed E-state index contributed by atoms with van der Waals surface area (Å²) in [6, 6.07) is 12.8. The Bertz CT molecular complexity index is 1740. The second-order valence-corrected chi connectivity index (χ2v) is 15.8. The van der Waals surface area contributed by atoms with Crippen molar-refractivity contribution in [3.05, 3.63) is 88.7 Å². The first kappa shape index (κ1) is 33.4. The van der Waals surface area contributed by atoms with E-state index >= 15 is 0 Å². The molecule has 2 N–H and O–H groups in total. The van der Waals surface area contributed by atoms with Gasteiger partial charge < -0.3 is 19.8 Å². The molecule has 6 rings (SSSR count). The number of carboxylic acids is 1. The predicted octanol–water partition coefficient (Wildman–Crippen LogP) is 6.28. The second kappa shape index (κ2) is 13.9. The van der Waals surface area contributed by atoms with Crippen LogP contribution >= 0.6 is 11.6 Å². The molecular formula is C36H42ClN3O6S. The summed E-state index contributed by atoms with van der Waals surface area (Å²) in [6.07, 6.45) is 11.9. The number of aromatic nitrogens is 2. The van der Waals surface area contributed by atoms with Gasteiger partial charge in [0.15, 0.2) is 0 Å². The number of hydrogen-bond acceptors (Lipinski definition) is 8. The Morgan fingerprint density at radius 3 is 2.70 bits per heavy atom. The Balaban J connectivity index is 1.17. The monoisotopic (exact) mass is 679 g/mol. The summed E-state index contributed by atoms with van der Waals surface area (Å²) in [4.78, 5) is 22.1. The Morgan fingerprint density at radius 1 is 1.17 bits per heavy atom. The predicted molar refractivity (Wildman–Crippen MR) is 181 cm³/mol. The van der Waals surface area contributed by atoms with Crippen molar-refractivity contribution in [2.24, 2.45) is 11.8 Å². The van der Waals surface area contributed by atoms with Gasteiger partial charge in [-0.05, 0) is 111 Å². The maximum Gasteiger partial charge on any atom is 0.335 e. The van der Waals surface area contributed by atoms with Crippen molar-refractivity contribution in [1.82, 2.24) is 9.97 Å². The van der Waals surface area contributed by atoms with Gasteiger partial charge in [-0.25, -0.2) is 23.2 Å². The first-order valence-corrected chi connectivity index (χ1v) is 18.4. The van der Waals surface area contributed by atoms with Crippen LogP contribution < -0.4 is 9.64 Å². The molecular weight excluding hydrogens is 638 g/mol. The van der Waals surface area contributed by atoms with Crippen molar-refractivity contribution >= 4 is 33.1 Å². The zero-order valence-electron chi connectivity index (χ0n) is 26.6. The third-order valence-corrected chi connectivity index (χ3v) is 12.7. The van der Waals surface area contributed by atoms with E-state index in [4.69, 9.17) is 16.3 Å². The highest BCUT2D eigenvalue weighted by Crippen LogP contribution is 2.46. The molecule has 1 spiro atoms. The Morgan fingerprint density at radius 2 is 1.98 bits per heavy atom. The van der Waals surface area contributed by atoms with E-state index in [2.05, 4.69) is 33.1 Å². The maximum atomic E-state index is 13.0. The van der Waals surface area contributed by atoms with E-state index in [1.165, 1.54) is 23.5 Å². The van der Waals surface area contributed by atoms with Crippen LogP contribution in [-0.4, -0.2) is 65.6 Å². The second-order valence-electron chi connectivity index (χ2n) is 13.2. The molecule has 5 atom stereocenters. The van der Waals surface area contributed by atoms with Crippen LogP contribution in [0.15, 0.2) is 72.2 Å². The minimum Gasteiger partial charge on any atom is -0.490 e. The standard InChI is InChI=1S/C36H42ClN3O6S/c1-2-30(47(44,45)35-38-17-4-18-39-35)13-12-29(41)11-8-24-6-7-27(24)21-40-22-36(16-3-5-25-19-28(37)10-14-31(25)36)23-46-33-15-9-26(34(42)43)20-32(33)40/h4,8-11,14-15,17-20,24,27,29-30,41H,2-3,5-7,12-13,16,21-23H2,1H3,(H,42,43)/b11-8+/t24-,27-,29+,30+,36?/m0/s1. The lowest BCUT2D eigenvalue weighted by Gasteiger charge is -2.44. The number of aliphatic hydroxyl groups excluding tert-OH is 1. The zero-order valence-corrected chi connectivity index (χ0v) is 28.2. The number of halogens is 1. The number of carboxylic acid groups (broad SMARTS) is 1. The molecule has 2 heterocycles. The van der Waals surface area contributed by atoms with Gasteiger partial charge in [-0.2, -0.15) is 0 Å². The van der Waals surface area contributed by atoms with Crippen molar-refractivity contribution in [2.75, 3.05) is 24.6 Å². The van der Waals surface area contributed by atoms with Gasteiger partial charge in [0.2, 0.25) is 15.0 Å². The van der Waals surface area contributed by atoms with E-state index in [0.29, 0.717) is 44.1 Å². The molecule has 1 aliphatic heterocycles. The molecule has 0 saturated heterocycles. The summed E-state index contributed by atoms with van der Waals surface area (Å²) in [5.41, 5.74) is 3.27. The van der Waals surface area contributed by atoms with Gasteiger partial charge in [0.1, 0.15) is 5.75 Å². The molecule has 1 saturated carbocycles. The number of carbonyl (C=O) groups is 1. The number of sulfone groups is 1. The van der Waals surface area contributed by atoms with Gasteiger partial charge in [0, 0.05) is 35.9 Å². The van der Waals surface area contributed by atoms with Gasteiger partial charge >= 0.3 is 5.97 Å². The number of benzene rings is 2. The highest BCUT2D eigenvalue weighted by Gasteiger charge is 2.43. The molecule has 2 aromatic carbocycles. The Labute approximate surface area is 281 Å². The van der Waals surface area contributed by atoms with E-state index in [9.17, 15) is 23.4 Å². The minimum absolute atomic E-state index is 0.174. The molecule has 3 aliphatic rings. The number of allylic oxidation sites excluding steroid dienone is 1. The topological polar surface area (TPSA) is 130 Å². The van der Waals surface area contributed by atoms with E-state index in [0.717, 1.165) is 49.4 Å². The average molecular weight is 680 g/mol. The number of anilines is 1. The highest BCUT2D eigenvalue weighted by molar-refractivity contribution is 7.91. The van der Waals surface area contributed by atoms with Crippen LogP contribution in [0.5, 0.6) is 5.75 Å². The molecule has 0 amide bonds. The van der Waals surface area contributed by atoms with E-state index in [-0.39, 0.29) is 22.1 Å². The summed E-state index contributed by atoms with van der Waals surface area (Å²) in [5.74, 6) is 0.271. The van der Waals surface area contributed by atoms with Gasteiger partial charge in [-0.1, -0.05) is 36.7 Å². The molecule has 1 aromatic heterocycles. The van der Waals surface area contributed by atoms with Crippen molar-refractivity contribution < 1.29 is 28.2 Å². The van der Waals surface area contributed by atoms with E-state index in [1.807, 2.05) is 13.0 Å². The lowest BCUT2D eigenvalue weighted by Crippen LogP contribution is -2.48. The molecule has 3 aromatic rings. The lowest BCUT2D eigenvalue weighted by atomic mass is 9.69. The Hall–Kier alpha value is -3.47. The van der Waals surface area contributed by atoms with Crippen LogP contribution in [0.3, 0.4) is 0 Å². The van der Waals surface area contributed by atoms with Crippen LogP contribution in [-0.2, 0) is 21.7 Å². The molecule has 0 bridgehead atoms. The number of aliphatic hydroxyl groups is 1. The smallest absolute Gasteiger partial charge is 0.335 e. The largest absolute Gasteiger partial charge is 0.490 e. The minimum atomic E-state index is -3.68. The summed E-state index contributed by atoms with van der Waals surface area (Å²) >= 11 is 6.38. The zero-order chi connectivity index (χ0) is 33.2. The first-order valence-electron chi connectivity index (χ1n) is 16.5. The molecule has 11 heteroatoms. The van der Waals surface area contributed by atoms with Gasteiger partial charge in [-0.3, -0.25) is 0 Å². The normalized spacial score (nSPS) is 23.7. The number of nitrogens with zero attached hydrogens (tertiary/aromatic N) is 3. The van der Waals surface area contributed by atoms with Crippen molar-refractivity contribution in [3.8, 4) is 5.75 Å². The Kier molecular flexibility index (Phi) is 9.92. The molecule has 250 valence electrons. The molecule has 1 fully saturated rings. The summed E-state index contributed by atoms with van der Waals surface area (Å²) in [7, 11) is -3.68. The number of rotatable bonds is 11. The van der Waals surface area contributed by atoms with Crippen molar-refractivity contribution in [1.29, 1.82) is 0 Å². The maximum absolute atomic E-state index is 13.0. The number of ether oxygens (including phenoxy) is 1.